The maximum atomic E-state index is 2.52. The molecule has 0 aromatic heterocycles. The van der Waals surface area contributed by atoms with Crippen molar-refractivity contribution in [1.82, 2.24) is 0 Å². The number of benzene rings is 1. The maximum absolute atomic E-state index is 2.52. The van der Waals surface area contributed by atoms with Gasteiger partial charge in [0.2, 0.25) is 0 Å². The summed E-state index contributed by atoms with van der Waals surface area (Å²) in [5, 5.41) is 0. The predicted molar refractivity (Wildman–Crippen MR) is 128 cm³/mol. The van der Waals surface area contributed by atoms with Gasteiger partial charge in [0.05, 0.1) is 0 Å². The molecule has 0 fully saturated rings. The van der Waals surface area contributed by atoms with Crippen molar-refractivity contribution in [3.63, 3.8) is 0 Å². The van der Waals surface area contributed by atoms with Crippen LogP contribution in [0.15, 0.2) is 18.2 Å². The van der Waals surface area contributed by atoms with Gasteiger partial charge in [-0.3, -0.25) is 0 Å². The largest absolute Gasteiger partial charge is 0.0654 e. The highest BCUT2D eigenvalue weighted by atomic mass is 14.1. The van der Waals surface area contributed by atoms with Crippen molar-refractivity contribution < 1.29 is 0 Å². The van der Waals surface area contributed by atoms with E-state index in [-0.39, 0.29) is 0 Å². The molecule has 1 rings (SSSR count). The average molecular weight is 387 g/mol. The van der Waals surface area contributed by atoms with Crippen LogP contribution in [0.2, 0.25) is 0 Å². The number of rotatable bonds is 19. The van der Waals surface area contributed by atoms with Crippen LogP contribution in [0.5, 0.6) is 0 Å². The fraction of sp³-hybridized carbons (Fsp3) is 0.786. The van der Waals surface area contributed by atoms with Crippen molar-refractivity contribution in [3.8, 4) is 0 Å². The monoisotopic (exact) mass is 386 g/mol. The Morgan fingerprint density at radius 2 is 0.714 bits per heavy atom. The highest BCUT2D eigenvalue weighted by molar-refractivity contribution is 5.30. The van der Waals surface area contributed by atoms with E-state index >= 15 is 0 Å². The first-order chi connectivity index (χ1) is 13.8. The van der Waals surface area contributed by atoms with E-state index in [2.05, 4.69) is 39.0 Å². The van der Waals surface area contributed by atoms with Crippen LogP contribution in [0.4, 0.5) is 0 Å². The molecule has 0 aliphatic carbocycles. The molecule has 0 aliphatic rings. The first kappa shape index (κ1) is 25.3. The molecule has 0 bridgehead atoms. The molecule has 28 heavy (non-hydrogen) atoms. The standard InChI is InChI=1S/C28H50/c1-4-7-9-11-13-15-17-19-21-27-23-26(6-3)24-28(25-27)22-20-18-16-14-12-10-8-5-2/h23-25H,4-22H2,1-3H3. The van der Waals surface area contributed by atoms with Crippen molar-refractivity contribution in [2.24, 2.45) is 0 Å². The molecule has 0 heterocycles. The van der Waals surface area contributed by atoms with Gasteiger partial charge in [0.25, 0.3) is 0 Å². The lowest BCUT2D eigenvalue weighted by Crippen LogP contribution is -1.95. The van der Waals surface area contributed by atoms with Crippen molar-refractivity contribution in [1.29, 1.82) is 0 Å². The summed E-state index contributed by atoms with van der Waals surface area (Å²) in [5.74, 6) is 0. The van der Waals surface area contributed by atoms with Gasteiger partial charge in [-0.1, -0.05) is 129 Å². The van der Waals surface area contributed by atoms with Crippen LogP contribution in [0.25, 0.3) is 0 Å². The Balaban J connectivity index is 2.22. The fourth-order valence-corrected chi connectivity index (χ4v) is 4.26. The molecule has 0 saturated heterocycles. The Hall–Kier alpha value is -0.780. The van der Waals surface area contributed by atoms with Crippen LogP contribution in [0.3, 0.4) is 0 Å². The molecule has 0 heteroatoms. The Labute approximate surface area is 177 Å². The number of hydrogen-bond donors (Lipinski definition) is 0. The Bertz CT molecular complexity index is 421. The van der Waals surface area contributed by atoms with Gasteiger partial charge in [0, 0.05) is 0 Å². The van der Waals surface area contributed by atoms with Crippen LogP contribution >= 0.6 is 0 Å². The third-order valence-electron chi connectivity index (χ3n) is 6.16. The summed E-state index contributed by atoms with van der Waals surface area (Å²) in [5.41, 5.74) is 4.74. The molecule has 0 unspecified atom stereocenters. The third-order valence-corrected chi connectivity index (χ3v) is 6.16. The van der Waals surface area contributed by atoms with Crippen LogP contribution < -0.4 is 0 Å². The summed E-state index contributed by atoms with van der Waals surface area (Å²) in [6, 6.07) is 7.46. The molecular formula is C28H50. The van der Waals surface area contributed by atoms with E-state index in [0.29, 0.717) is 0 Å². The highest BCUT2D eigenvalue weighted by Crippen LogP contribution is 2.18. The second-order valence-corrected chi connectivity index (χ2v) is 8.96. The zero-order valence-corrected chi connectivity index (χ0v) is 19.7. The second kappa shape index (κ2) is 18.3. The molecule has 0 nitrogen and oxygen atoms in total. The minimum Gasteiger partial charge on any atom is -0.0654 e. The minimum absolute atomic E-state index is 1.18. The average Bonchev–Trinajstić information content (AvgIpc) is 2.71. The van der Waals surface area contributed by atoms with Crippen molar-refractivity contribution in [3.05, 3.63) is 34.9 Å². The van der Waals surface area contributed by atoms with E-state index in [4.69, 9.17) is 0 Å². The summed E-state index contributed by atoms with van der Waals surface area (Å²) in [6.07, 6.45) is 26.4. The topological polar surface area (TPSA) is 0 Å². The Morgan fingerprint density at radius 3 is 1.07 bits per heavy atom. The molecule has 0 saturated carbocycles. The van der Waals surface area contributed by atoms with Gasteiger partial charge in [-0.25, -0.2) is 0 Å². The summed E-state index contributed by atoms with van der Waals surface area (Å²) in [7, 11) is 0. The minimum atomic E-state index is 1.18. The van der Waals surface area contributed by atoms with Crippen molar-refractivity contribution >= 4 is 0 Å². The molecule has 0 amide bonds. The Kier molecular flexibility index (Phi) is 16.5. The lowest BCUT2D eigenvalue weighted by atomic mass is 9.96. The summed E-state index contributed by atoms with van der Waals surface area (Å²) in [6.45, 7) is 6.90. The molecule has 1 aromatic carbocycles. The molecule has 0 spiro atoms. The Morgan fingerprint density at radius 1 is 0.393 bits per heavy atom. The summed E-state index contributed by atoms with van der Waals surface area (Å²) in [4.78, 5) is 0. The van der Waals surface area contributed by atoms with Crippen LogP contribution in [-0.2, 0) is 19.3 Å². The first-order valence-electron chi connectivity index (χ1n) is 12.9. The lowest BCUT2D eigenvalue weighted by Gasteiger charge is -2.10. The lowest BCUT2D eigenvalue weighted by molar-refractivity contribution is 0.574. The number of aryl methyl sites for hydroxylation is 3. The van der Waals surface area contributed by atoms with E-state index in [1.807, 2.05) is 0 Å². The molecule has 0 atom stereocenters. The molecule has 0 aliphatic heterocycles. The van der Waals surface area contributed by atoms with Gasteiger partial charge in [-0.15, -0.1) is 0 Å². The zero-order chi connectivity index (χ0) is 20.3. The highest BCUT2D eigenvalue weighted by Gasteiger charge is 2.02. The van der Waals surface area contributed by atoms with Gasteiger partial charge in [-0.05, 0) is 48.8 Å². The van der Waals surface area contributed by atoms with Crippen molar-refractivity contribution in [2.45, 2.75) is 143 Å². The van der Waals surface area contributed by atoms with Gasteiger partial charge >= 0.3 is 0 Å². The van der Waals surface area contributed by atoms with E-state index < -0.39 is 0 Å². The summed E-state index contributed by atoms with van der Waals surface area (Å²) >= 11 is 0. The molecular weight excluding hydrogens is 336 g/mol. The van der Waals surface area contributed by atoms with Crippen molar-refractivity contribution in [2.75, 3.05) is 0 Å². The quantitative estimate of drug-likeness (QED) is 0.208. The molecule has 1 aromatic rings. The molecule has 0 N–H and O–H groups in total. The predicted octanol–water partition coefficient (Wildman–Crippen LogP) is 9.62. The van der Waals surface area contributed by atoms with Gasteiger partial charge in [0.15, 0.2) is 0 Å². The van der Waals surface area contributed by atoms with E-state index in [9.17, 15) is 0 Å². The van der Waals surface area contributed by atoms with Crippen LogP contribution in [0.1, 0.15) is 140 Å². The zero-order valence-electron chi connectivity index (χ0n) is 19.7. The second-order valence-electron chi connectivity index (χ2n) is 8.96. The third kappa shape index (κ3) is 13.4. The van der Waals surface area contributed by atoms with Crippen LogP contribution in [0, 0.1) is 0 Å². The smallest absolute Gasteiger partial charge is 0.0279 e. The van der Waals surface area contributed by atoms with E-state index in [1.54, 1.807) is 16.7 Å². The number of unbranched alkanes of at least 4 members (excludes halogenated alkanes) is 14. The maximum Gasteiger partial charge on any atom is -0.0279 e. The number of hydrogen-bond acceptors (Lipinski definition) is 0. The fourth-order valence-electron chi connectivity index (χ4n) is 4.26. The summed E-state index contributed by atoms with van der Waals surface area (Å²) < 4.78 is 0. The van der Waals surface area contributed by atoms with Crippen LogP contribution in [-0.4, -0.2) is 0 Å². The van der Waals surface area contributed by atoms with Gasteiger partial charge < -0.3 is 0 Å². The normalized spacial score (nSPS) is 11.2. The van der Waals surface area contributed by atoms with E-state index in [1.165, 1.54) is 122 Å². The van der Waals surface area contributed by atoms with E-state index in [0.717, 1.165) is 0 Å². The van der Waals surface area contributed by atoms with Gasteiger partial charge in [-0.2, -0.15) is 0 Å². The van der Waals surface area contributed by atoms with Gasteiger partial charge in [0.1, 0.15) is 0 Å². The first-order valence-corrected chi connectivity index (χ1v) is 12.9. The molecule has 162 valence electrons. The SMILES string of the molecule is CCCCCCCCCCc1cc(CC)cc(CCCCCCCCCC)c1. The molecule has 0 radical (unpaired) electrons.